The van der Waals surface area contributed by atoms with Crippen molar-refractivity contribution in [2.45, 2.75) is 13.0 Å². The van der Waals surface area contributed by atoms with Gasteiger partial charge in [-0.25, -0.2) is 4.68 Å². The molecule has 0 saturated heterocycles. The van der Waals surface area contributed by atoms with Gasteiger partial charge in [0.15, 0.2) is 10.7 Å². The summed E-state index contributed by atoms with van der Waals surface area (Å²) in [5, 5.41) is 27.2. The summed E-state index contributed by atoms with van der Waals surface area (Å²) in [6.45, 7) is 1.53. The quantitative estimate of drug-likeness (QED) is 0.651. The number of thiophene rings is 1. The predicted molar refractivity (Wildman–Crippen MR) is 72.1 cm³/mol. The molecule has 0 bridgehead atoms. The number of hydrogen-bond acceptors (Lipinski definition) is 6. The van der Waals surface area contributed by atoms with Crippen molar-refractivity contribution >= 4 is 22.9 Å². The van der Waals surface area contributed by atoms with E-state index in [1.54, 1.807) is 0 Å². The first-order valence-corrected chi connectivity index (χ1v) is 6.50. The molecule has 2 aromatic heterocycles. The van der Waals surface area contributed by atoms with Crippen molar-refractivity contribution in [3.05, 3.63) is 39.0 Å². The predicted octanol–water partition coefficient (Wildman–Crippen LogP) is 1.25. The molecule has 0 unspecified atom stereocenters. The number of aromatic nitrogens is 2. The zero-order chi connectivity index (χ0) is 14.9. The molecule has 0 aliphatic carbocycles. The third kappa shape index (κ3) is 2.53. The summed E-state index contributed by atoms with van der Waals surface area (Å²) < 4.78 is 1.26. The number of hydrogen-bond donors (Lipinski definition) is 2. The van der Waals surface area contributed by atoms with Crippen molar-refractivity contribution in [2.75, 3.05) is 7.05 Å². The van der Waals surface area contributed by atoms with Crippen molar-refractivity contribution in [3.8, 4) is 5.00 Å². The normalized spacial score (nSPS) is 12.2. The van der Waals surface area contributed by atoms with Crippen LogP contribution in [-0.2, 0) is 0 Å². The van der Waals surface area contributed by atoms with Crippen molar-refractivity contribution in [1.29, 1.82) is 0 Å². The highest BCUT2D eigenvalue weighted by Gasteiger charge is 2.23. The van der Waals surface area contributed by atoms with Crippen LogP contribution in [0.25, 0.3) is 5.00 Å². The fourth-order valence-corrected chi connectivity index (χ4v) is 2.57. The average Bonchev–Trinajstić information content (AvgIpc) is 3.03. The van der Waals surface area contributed by atoms with Gasteiger partial charge in [0, 0.05) is 24.2 Å². The molecular formula is C11H12N4O4S. The van der Waals surface area contributed by atoms with Gasteiger partial charge in [0.2, 0.25) is 0 Å². The number of nitrogens with zero attached hydrogens (tertiary/aromatic N) is 3. The Morgan fingerprint density at radius 1 is 1.65 bits per heavy atom. The molecule has 2 N–H and O–H groups in total. The van der Waals surface area contributed by atoms with Crippen LogP contribution in [0.2, 0.25) is 0 Å². The maximum Gasteiger partial charge on any atom is 0.306 e. The average molecular weight is 296 g/mol. The molecule has 0 fully saturated rings. The van der Waals surface area contributed by atoms with Gasteiger partial charge in [-0.3, -0.25) is 14.9 Å². The SMILES string of the molecule is CNC(=O)c1ccn(-c2sc([C@@H](C)O)cc2[N+](=O)[O-])n1. The first-order chi connectivity index (χ1) is 9.43. The van der Waals surface area contributed by atoms with Gasteiger partial charge in [-0.2, -0.15) is 5.10 Å². The van der Waals surface area contributed by atoms with E-state index in [1.807, 2.05) is 0 Å². The van der Waals surface area contributed by atoms with E-state index in [4.69, 9.17) is 0 Å². The molecular weight excluding hydrogens is 284 g/mol. The van der Waals surface area contributed by atoms with E-state index in [2.05, 4.69) is 10.4 Å². The zero-order valence-corrected chi connectivity index (χ0v) is 11.5. The maximum atomic E-state index is 11.4. The van der Waals surface area contributed by atoms with Crippen LogP contribution in [-0.4, -0.2) is 32.8 Å². The van der Waals surface area contributed by atoms with Crippen LogP contribution in [0, 0.1) is 10.1 Å². The summed E-state index contributed by atoms with van der Waals surface area (Å²) in [6.07, 6.45) is 0.663. The molecule has 1 amide bonds. The highest BCUT2D eigenvalue weighted by molar-refractivity contribution is 7.15. The van der Waals surface area contributed by atoms with Crippen LogP contribution in [0.15, 0.2) is 18.3 Å². The Kier molecular flexibility index (Phi) is 3.81. The van der Waals surface area contributed by atoms with E-state index in [0.717, 1.165) is 11.3 Å². The second-order valence-corrected chi connectivity index (χ2v) is 5.06. The summed E-state index contributed by atoms with van der Waals surface area (Å²) in [5.41, 5.74) is 0.00579. The molecule has 0 saturated carbocycles. The minimum Gasteiger partial charge on any atom is -0.388 e. The van der Waals surface area contributed by atoms with E-state index in [1.165, 1.54) is 37.0 Å². The van der Waals surface area contributed by atoms with Crippen LogP contribution >= 0.6 is 11.3 Å². The molecule has 2 aromatic rings. The number of carbonyl (C=O) groups excluding carboxylic acids is 1. The molecule has 0 aliphatic heterocycles. The van der Waals surface area contributed by atoms with E-state index in [-0.39, 0.29) is 22.3 Å². The van der Waals surface area contributed by atoms with Gasteiger partial charge in [-0.1, -0.05) is 0 Å². The molecule has 1 atom stereocenters. The molecule has 0 spiro atoms. The molecule has 0 aromatic carbocycles. The fourth-order valence-electron chi connectivity index (χ4n) is 1.58. The Hall–Kier alpha value is -2.26. The fraction of sp³-hybridized carbons (Fsp3) is 0.273. The van der Waals surface area contributed by atoms with E-state index < -0.39 is 11.0 Å². The van der Waals surface area contributed by atoms with Gasteiger partial charge in [-0.15, -0.1) is 11.3 Å². The van der Waals surface area contributed by atoms with Crippen LogP contribution in [0.5, 0.6) is 0 Å². The van der Waals surface area contributed by atoms with Crippen LogP contribution in [0.3, 0.4) is 0 Å². The molecule has 9 heteroatoms. The molecule has 2 rings (SSSR count). The molecule has 0 aliphatic rings. The topological polar surface area (TPSA) is 110 Å². The Morgan fingerprint density at radius 2 is 2.35 bits per heavy atom. The standard InChI is InChI=1S/C11H12N4O4S/c1-6(16)9-5-8(15(18)19)11(20-9)14-4-3-7(13-14)10(17)12-2/h3-6,16H,1-2H3,(H,12,17)/t6-/m1/s1. The van der Waals surface area contributed by atoms with Gasteiger partial charge in [0.25, 0.3) is 5.91 Å². The van der Waals surface area contributed by atoms with Crippen LogP contribution in [0.1, 0.15) is 28.4 Å². The smallest absolute Gasteiger partial charge is 0.306 e. The molecule has 106 valence electrons. The second-order valence-electron chi connectivity index (χ2n) is 4.00. The van der Waals surface area contributed by atoms with Gasteiger partial charge in [-0.05, 0) is 13.0 Å². The van der Waals surface area contributed by atoms with Gasteiger partial charge < -0.3 is 10.4 Å². The summed E-state index contributed by atoms with van der Waals surface area (Å²) in [7, 11) is 1.47. The van der Waals surface area contributed by atoms with Crippen LogP contribution in [0.4, 0.5) is 5.69 Å². The number of nitro groups is 1. The van der Waals surface area contributed by atoms with E-state index >= 15 is 0 Å². The summed E-state index contributed by atoms with van der Waals surface area (Å²) >= 11 is 1.06. The number of nitrogens with one attached hydrogen (secondary N) is 1. The van der Waals surface area contributed by atoms with Crippen molar-refractivity contribution in [3.63, 3.8) is 0 Å². The van der Waals surface area contributed by atoms with Gasteiger partial charge in [0.1, 0.15) is 0 Å². The Bertz CT molecular complexity index is 661. The molecule has 2 heterocycles. The largest absolute Gasteiger partial charge is 0.388 e. The lowest BCUT2D eigenvalue weighted by Gasteiger charge is -1.98. The number of aliphatic hydroxyl groups is 1. The van der Waals surface area contributed by atoms with Gasteiger partial charge >= 0.3 is 5.69 Å². The lowest BCUT2D eigenvalue weighted by molar-refractivity contribution is -0.384. The van der Waals surface area contributed by atoms with Crippen molar-refractivity contribution in [2.24, 2.45) is 0 Å². The number of amides is 1. The van der Waals surface area contributed by atoms with Crippen molar-refractivity contribution < 1.29 is 14.8 Å². The summed E-state index contributed by atoms with van der Waals surface area (Å²) in [5.74, 6) is -0.376. The third-order valence-corrected chi connectivity index (χ3v) is 3.86. The first-order valence-electron chi connectivity index (χ1n) is 5.68. The van der Waals surface area contributed by atoms with Gasteiger partial charge in [0.05, 0.1) is 11.0 Å². The summed E-state index contributed by atoms with van der Waals surface area (Å²) in [4.78, 5) is 22.4. The monoisotopic (exact) mass is 296 g/mol. The van der Waals surface area contributed by atoms with Crippen LogP contribution < -0.4 is 5.32 Å². The Labute approximate surface area is 117 Å². The second kappa shape index (κ2) is 5.39. The Balaban J connectivity index is 2.48. The molecule has 8 nitrogen and oxygen atoms in total. The minimum absolute atomic E-state index is 0.155. The lowest BCUT2D eigenvalue weighted by atomic mass is 10.3. The lowest BCUT2D eigenvalue weighted by Crippen LogP contribution is -2.18. The zero-order valence-electron chi connectivity index (χ0n) is 10.7. The minimum atomic E-state index is -0.804. The van der Waals surface area contributed by atoms with E-state index in [0.29, 0.717) is 4.88 Å². The van der Waals surface area contributed by atoms with E-state index in [9.17, 15) is 20.0 Å². The summed E-state index contributed by atoms with van der Waals surface area (Å²) in [6, 6.07) is 2.77. The number of rotatable bonds is 4. The maximum absolute atomic E-state index is 11.4. The first kappa shape index (κ1) is 14.2. The highest BCUT2D eigenvalue weighted by atomic mass is 32.1. The third-order valence-electron chi connectivity index (χ3n) is 2.58. The molecule has 0 radical (unpaired) electrons. The van der Waals surface area contributed by atoms with Crippen molar-refractivity contribution in [1.82, 2.24) is 15.1 Å². The number of aliphatic hydroxyl groups excluding tert-OH is 1. The molecule has 20 heavy (non-hydrogen) atoms. The number of carbonyl (C=O) groups is 1. The highest BCUT2D eigenvalue weighted by Crippen LogP contribution is 2.35. The Morgan fingerprint density at radius 3 is 2.90 bits per heavy atom.